The molecule has 152 valence electrons. The molecule has 4 bridgehead atoms. The third kappa shape index (κ3) is 3.27. The number of hydrogen-bond donors (Lipinski definition) is 1. The van der Waals surface area contributed by atoms with Gasteiger partial charge in [-0.05, 0) is 74.2 Å². The average Bonchev–Trinajstić information content (AvgIpc) is 2.65. The van der Waals surface area contributed by atoms with E-state index in [9.17, 15) is 14.4 Å². The van der Waals surface area contributed by atoms with E-state index >= 15 is 0 Å². The third-order valence-corrected chi connectivity index (χ3v) is 7.44. The van der Waals surface area contributed by atoms with Crippen molar-refractivity contribution < 1.29 is 4.79 Å². The highest BCUT2D eigenvalue weighted by atomic mass is 16.2. The van der Waals surface area contributed by atoms with E-state index in [0.29, 0.717) is 5.56 Å². The van der Waals surface area contributed by atoms with Crippen molar-refractivity contribution in [1.29, 1.82) is 0 Å². The van der Waals surface area contributed by atoms with Gasteiger partial charge in [0, 0.05) is 32.4 Å². The van der Waals surface area contributed by atoms with E-state index in [1.165, 1.54) is 68.5 Å². The molecule has 0 aromatic carbocycles. The zero-order valence-corrected chi connectivity index (χ0v) is 17.1. The van der Waals surface area contributed by atoms with Crippen LogP contribution in [0.15, 0.2) is 21.9 Å². The van der Waals surface area contributed by atoms with Crippen LogP contribution >= 0.6 is 0 Å². The van der Waals surface area contributed by atoms with E-state index < -0.39 is 0 Å². The van der Waals surface area contributed by atoms with Crippen molar-refractivity contribution >= 4 is 12.0 Å². The Kier molecular flexibility index (Phi) is 4.84. The molecule has 1 heterocycles. The second kappa shape index (κ2) is 7.05. The SMILES string of the molecule is CCC(NC(=O)/C=C/c1cn(C)c(=O)n(C)c1=O)C12CC3CC(CC(C3)C1)C2. The Bertz CT molecular complexity index is 889. The maximum atomic E-state index is 12.7. The van der Waals surface area contributed by atoms with Crippen molar-refractivity contribution in [2.75, 3.05) is 0 Å². The number of carbonyl (C=O) groups excluding carboxylic acids is 1. The minimum atomic E-state index is -0.389. The molecule has 6 nitrogen and oxygen atoms in total. The first kappa shape index (κ1) is 19.2. The Labute approximate surface area is 165 Å². The van der Waals surface area contributed by atoms with Crippen LogP contribution in [0, 0.1) is 23.2 Å². The van der Waals surface area contributed by atoms with Crippen LogP contribution in [0.25, 0.3) is 6.08 Å². The zero-order chi connectivity index (χ0) is 20.1. The monoisotopic (exact) mass is 385 g/mol. The Hall–Kier alpha value is -2.11. The first-order chi connectivity index (χ1) is 13.3. The van der Waals surface area contributed by atoms with Crippen molar-refractivity contribution in [3.63, 3.8) is 0 Å². The number of rotatable bonds is 5. The van der Waals surface area contributed by atoms with Gasteiger partial charge in [-0.3, -0.25) is 14.2 Å². The first-order valence-corrected chi connectivity index (χ1v) is 10.6. The molecule has 1 aromatic rings. The van der Waals surface area contributed by atoms with Crippen LogP contribution in [0.2, 0.25) is 0 Å². The van der Waals surface area contributed by atoms with Gasteiger partial charge in [-0.2, -0.15) is 0 Å². The Morgan fingerprint density at radius 2 is 1.75 bits per heavy atom. The minimum absolute atomic E-state index is 0.154. The molecule has 1 N–H and O–H groups in total. The van der Waals surface area contributed by atoms with Crippen LogP contribution in [0.1, 0.15) is 57.4 Å². The van der Waals surface area contributed by atoms with Gasteiger partial charge >= 0.3 is 5.69 Å². The highest BCUT2D eigenvalue weighted by molar-refractivity contribution is 5.91. The van der Waals surface area contributed by atoms with Crippen LogP contribution in [-0.4, -0.2) is 21.1 Å². The molecule has 0 radical (unpaired) electrons. The quantitative estimate of drug-likeness (QED) is 0.790. The van der Waals surface area contributed by atoms with E-state index in [4.69, 9.17) is 0 Å². The van der Waals surface area contributed by atoms with Crippen LogP contribution in [0.5, 0.6) is 0 Å². The molecule has 6 heteroatoms. The maximum absolute atomic E-state index is 12.7. The summed E-state index contributed by atoms with van der Waals surface area (Å²) in [6.07, 6.45) is 13.3. The lowest BCUT2D eigenvalue weighted by atomic mass is 9.47. The number of carbonyl (C=O) groups is 1. The van der Waals surface area contributed by atoms with Gasteiger partial charge < -0.3 is 9.88 Å². The lowest BCUT2D eigenvalue weighted by molar-refractivity contribution is -0.122. The van der Waals surface area contributed by atoms with Gasteiger partial charge in [-0.1, -0.05) is 6.92 Å². The fourth-order valence-electron chi connectivity index (χ4n) is 6.63. The molecule has 28 heavy (non-hydrogen) atoms. The summed E-state index contributed by atoms with van der Waals surface area (Å²) in [5, 5.41) is 3.25. The van der Waals surface area contributed by atoms with E-state index in [1.807, 2.05) is 0 Å². The Balaban J connectivity index is 1.49. The van der Waals surface area contributed by atoms with Crippen LogP contribution in [0.4, 0.5) is 0 Å². The zero-order valence-electron chi connectivity index (χ0n) is 17.1. The predicted octanol–water partition coefficient (Wildman–Crippen LogP) is 2.21. The Morgan fingerprint density at radius 3 is 2.29 bits per heavy atom. The highest BCUT2D eigenvalue weighted by Gasteiger charge is 2.53. The number of aryl methyl sites for hydroxylation is 1. The van der Waals surface area contributed by atoms with Crippen molar-refractivity contribution in [3.05, 3.63) is 38.7 Å². The molecule has 4 aliphatic carbocycles. The van der Waals surface area contributed by atoms with Crippen LogP contribution < -0.4 is 16.6 Å². The van der Waals surface area contributed by atoms with Gasteiger partial charge in [0.15, 0.2) is 0 Å². The normalized spacial score (nSPS) is 32.0. The molecule has 1 atom stereocenters. The van der Waals surface area contributed by atoms with Crippen molar-refractivity contribution in [2.45, 2.75) is 57.9 Å². The third-order valence-electron chi connectivity index (χ3n) is 7.44. The number of amides is 1. The molecule has 0 saturated heterocycles. The summed E-state index contributed by atoms with van der Waals surface area (Å²) in [5.74, 6) is 2.39. The summed E-state index contributed by atoms with van der Waals surface area (Å²) in [7, 11) is 3.04. The summed E-state index contributed by atoms with van der Waals surface area (Å²) in [4.78, 5) is 36.7. The molecular weight excluding hydrogens is 354 g/mol. The fourth-order valence-corrected chi connectivity index (χ4v) is 6.63. The molecule has 1 unspecified atom stereocenters. The molecule has 4 aliphatic rings. The number of nitrogens with one attached hydrogen (secondary N) is 1. The molecule has 0 aliphatic heterocycles. The van der Waals surface area contributed by atoms with Gasteiger partial charge in [0.2, 0.25) is 5.91 Å². The molecule has 1 amide bonds. The van der Waals surface area contributed by atoms with Gasteiger partial charge in [-0.25, -0.2) is 4.79 Å². The van der Waals surface area contributed by atoms with Gasteiger partial charge in [0.05, 0.1) is 5.56 Å². The fraction of sp³-hybridized carbons (Fsp3) is 0.682. The molecule has 1 aromatic heterocycles. The highest BCUT2D eigenvalue weighted by Crippen LogP contribution is 2.61. The van der Waals surface area contributed by atoms with Gasteiger partial charge in [-0.15, -0.1) is 0 Å². The van der Waals surface area contributed by atoms with E-state index in [1.54, 1.807) is 7.05 Å². The second-order valence-corrected chi connectivity index (χ2v) is 9.42. The molecule has 0 spiro atoms. The topological polar surface area (TPSA) is 73.1 Å². The maximum Gasteiger partial charge on any atom is 0.330 e. The summed E-state index contributed by atoms with van der Waals surface area (Å²) < 4.78 is 2.41. The van der Waals surface area contributed by atoms with Gasteiger partial charge in [0.1, 0.15) is 0 Å². The average molecular weight is 386 g/mol. The molecule has 4 saturated carbocycles. The first-order valence-electron chi connectivity index (χ1n) is 10.6. The van der Waals surface area contributed by atoms with Gasteiger partial charge in [0.25, 0.3) is 5.56 Å². The van der Waals surface area contributed by atoms with Crippen LogP contribution in [0.3, 0.4) is 0 Å². The summed E-state index contributed by atoms with van der Waals surface area (Å²) in [6, 6.07) is 0.195. The van der Waals surface area contributed by atoms with E-state index in [0.717, 1.165) is 28.7 Å². The standard InChI is InChI=1S/C22H31N3O3/c1-4-18(22-10-14-7-15(11-22)9-16(8-14)12-22)23-19(26)6-5-17-13-24(2)21(28)25(3)20(17)27/h5-6,13-16,18H,4,7-12H2,1-3H3,(H,23,26)/b6-5+. The number of hydrogen-bond acceptors (Lipinski definition) is 3. The Morgan fingerprint density at radius 1 is 1.18 bits per heavy atom. The largest absolute Gasteiger partial charge is 0.349 e. The van der Waals surface area contributed by atoms with Crippen molar-refractivity contribution in [3.8, 4) is 0 Å². The second-order valence-electron chi connectivity index (χ2n) is 9.42. The number of aromatic nitrogens is 2. The molecule has 4 fully saturated rings. The summed E-state index contributed by atoms with van der Waals surface area (Å²) in [6.45, 7) is 2.16. The number of nitrogens with zero attached hydrogens (tertiary/aromatic N) is 2. The van der Waals surface area contributed by atoms with E-state index in [-0.39, 0.29) is 28.6 Å². The summed E-state index contributed by atoms with van der Waals surface area (Å²) in [5.41, 5.74) is -0.165. The smallest absolute Gasteiger partial charge is 0.330 e. The molecule has 5 rings (SSSR count). The van der Waals surface area contributed by atoms with E-state index in [2.05, 4.69) is 12.2 Å². The lowest BCUT2D eigenvalue weighted by Crippen LogP contribution is -2.56. The predicted molar refractivity (Wildman–Crippen MR) is 109 cm³/mol. The summed E-state index contributed by atoms with van der Waals surface area (Å²) >= 11 is 0. The lowest BCUT2D eigenvalue weighted by Gasteiger charge is -2.59. The minimum Gasteiger partial charge on any atom is -0.349 e. The van der Waals surface area contributed by atoms with Crippen molar-refractivity contribution in [1.82, 2.24) is 14.5 Å². The van der Waals surface area contributed by atoms with Crippen LogP contribution in [-0.2, 0) is 18.9 Å². The van der Waals surface area contributed by atoms with Crippen molar-refractivity contribution in [2.24, 2.45) is 37.3 Å². The molecular formula is C22H31N3O3.